The van der Waals surface area contributed by atoms with Gasteiger partial charge in [-0.05, 0) is 63.1 Å². The lowest BCUT2D eigenvalue weighted by molar-refractivity contribution is 0.314. The second kappa shape index (κ2) is 9.35. The number of ether oxygens (including phenoxy) is 1. The maximum Gasteiger partial charge on any atom is 0.155 e. The average Bonchev–Trinajstić information content (AvgIpc) is 2.77. The predicted molar refractivity (Wildman–Crippen MR) is 127 cm³/mol. The lowest BCUT2D eigenvalue weighted by Gasteiger charge is -2.15. The topological polar surface area (TPSA) is 85.7 Å². The molecule has 0 fully saturated rings. The summed E-state index contributed by atoms with van der Waals surface area (Å²) in [6.07, 6.45) is 1.85. The number of anilines is 1. The van der Waals surface area contributed by atoms with Crippen LogP contribution in [0.3, 0.4) is 0 Å². The minimum atomic E-state index is 0.595. The molecular weight excluding hydrogens is 388 g/mol. The first-order valence-electron chi connectivity index (χ1n) is 11.0. The maximum atomic E-state index is 6.34. The summed E-state index contributed by atoms with van der Waals surface area (Å²) in [7, 11) is 0. The van der Waals surface area contributed by atoms with E-state index < -0.39 is 0 Å². The van der Waals surface area contributed by atoms with E-state index in [9.17, 15) is 0 Å². The second-order valence-corrected chi connectivity index (χ2v) is 7.69. The third kappa shape index (κ3) is 4.35. The van der Waals surface area contributed by atoms with Crippen LogP contribution in [0, 0.1) is 6.92 Å². The van der Waals surface area contributed by atoms with Gasteiger partial charge in [-0.1, -0.05) is 6.92 Å². The minimum Gasteiger partial charge on any atom is -0.494 e. The van der Waals surface area contributed by atoms with Crippen LogP contribution in [-0.2, 0) is 0 Å². The highest BCUT2D eigenvalue weighted by molar-refractivity contribution is 6.10. The van der Waals surface area contributed by atoms with Gasteiger partial charge in [0.25, 0.3) is 0 Å². The summed E-state index contributed by atoms with van der Waals surface area (Å²) < 4.78 is 12.2. The van der Waals surface area contributed by atoms with E-state index in [1.807, 2.05) is 37.3 Å². The van der Waals surface area contributed by atoms with Crippen molar-refractivity contribution in [3.8, 4) is 17.2 Å². The SMILES string of the molecule is CCCNc1cc2oc3cc(=NCC)c(C)cc-3nc2c2cc(OCCCN)ccc12. The molecule has 162 valence electrons. The molecule has 2 aromatic rings. The van der Waals surface area contributed by atoms with Crippen molar-refractivity contribution in [2.45, 2.75) is 33.6 Å². The first-order valence-corrected chi connectivity index (χ1v) is 11.0. The van der Waals surface area contributed by atoms with Crippen molar-refractivity contribution in [3.63, 3.8) is 0 Å². The number of fused-ring (bicyclic) bond motifs is 4. The molecule has 3 N–H and O–H groups in total. The standard InChI is InChI=1S/C25H30N4O2/c1-4-10-28-21-15-24-25(19-13-17(7-8-18(19)21)30-11-6-9-26)29-22-12-16(3)20(27-5-2)14-23(22)31-24/h7-8,12-15,28H,4-6,9-11,26H2,1-3H3. The van der Waals surface area contributed by atoms with Gasteiger partial charge in [-0.25, -0.2) is 4.98 Å². The van der Waals surface area contributed by atoms with E-state index in [1.165, 1.54) is 0 Å². The van der Waals surface area contributed by atoms with Crippen LogP contribution in [0.5, 0.6) is 5.75 Å². The number of rotatable bonds is 8. The molecule has 0 amide bonds. The number of hydrogen-bond acceptors (Lipinski definition) is 6. The van der Waals surface area contributed by atoms with Crippen LogP contribution in [0.15, 0.2) is 45.8 Å². The number of aromatic nitrogens is 1. The van der Waals surface area contributed by atoms with Gasteiger partial charge in [0.05, 0.1) is 12.0 Å². The molecule has 31 heavy (non-hydrogen) atoms. The van der Waals surface area contributed by atoms with Crippen LogP contribution in [0.1, 0.15) is 32.3 Å². The molecule has 0 spiro atoms. The van der Waals surface area contributed by atoms with E-state index >= 15 is 0 Å². The molecule has 2 aliphatic rings. The zero-order chi connectivity index (χ0) is 21.8. The number of nitrogens with zero attached hydrogens (tertiary/aromatic N) is 2. The zero-order valence-electron chi connectivity index (χ0n) is 18.5. The van der Waals surface area contributed by atoms with E-state index in [2.05, 4.69) is 30.2 Å². The molecule has 0 atom stereocenters. The summed E-state index contributed by atoms with van der Waals surface area (Å²) in [6, 6.07) is 12.2. The van der Waals surface area contributed by atoms with Crippen LogP contribution in [0.25, 0.3) is 33.3 Å². The van der Waals surface area contributed by atoms with Crippen molar-refractivity contribution < 1.29 is 9.15 Å². The van der Waals surface area contributed by atoms with Gasteiger partial charge in [-0.3, -0.25) is 4.99 Å². The number of nitrogens with two attached hydrogens (primary N) is 1. The molecule has 0 saturated carbocycles. The van der Waals surface area contributed by atoms with Crippen molar-refractivity contribution in [3.05, 3.63) is 47.3 Å². The Morgan fingerprint density at radius 2 is 2.00 bits per heavy atom. The van der Waals surface area contributed by atoms with E-state index in [0.29, 0.717) is 13.2 Å². The third-order valence-electron chi connectivity index (χ3n) is 5.29. The van der Waals surface area contributed by atoms with Gasteiger partial charge in [0.15, 0.2) is 11.3 Å². The smallest absolute Gasteiger partial charge is 0.155 e. The van der Waals surface area contributed by atoms with E-state index in [-0.39, 0.29) is 0 Å². The Morgan fingerprint density at radius 1 is 1.13 bits per heavy atom. The Hall–Kier alpha value is -3.12. The Balaban J connectivity index is 1.96. The lowest BCUT2D eigenvalue weighted by Crippen LogP contribution is -2.09. The monoisotopic (exact) mass is 418 g/mol. The van der Waals surface area contributed by atoms with Crippen molar-refractivity contribution in [1.82, 2.24) is 4.98 Å². The van der Waals surface area contributed by atoms with Crippen molar-refractivity contribution >= 4 is 27.6 Å². The zero-order valence-corrected chi connectivity index (χ0v) is 18.5. The Labute approximate surface area is 182 Å². The summed E-state index contributed by atoms with van der Waals surface area (Å²) >= 11 is 0. The summed E-state index contributed by atoms with van der Waals surface area (Å²) in [5.41, 5.74) is 10.1. The van der Waals surface area contributed by atoms with Gasteiger partial charge in [-0.15, -0.1) is 0 Å². The fourth-order valence-electron chi connectivity index (χ4n) is 3.74. The Bertz CT molecular complexity index is 1250. The first-order chi connectivity index (χ1) is 15.1. The normalized spacial score (nSPS) is 12.2. The van der Waals surface area contributed by atoms with Crippen LogP contribution < -0.4 is 21.1 Å². The fourth-order valence-corrected chi connectivity index (χ4v) is 3.74. The maximum absolute atomic E-state index is 6.34. The van der Waals surface area contributed by atoms with Gasteiger partial charge in [0.1, 0.15) is 17.0 Å². The highest BCUT2D eigenvalue weighted by Crippen LogP contribution is 2.36. The molecule has 1 aliphatic heterocycles. The molecular formula is C25H30N4O2. The number of aryl methyl sites for hydroxylation is 1. The summed E-state index contributed by atoms with van der Waals surface area (Å²) in [5.74, 6) is 1.55. The quantitative estimate of drug-likeness (QED) is 0.242. The number of benzene rings is 3. The molecule has 6 heteroatoms. The predicted octanol–water partition coefficient (Wildman–Crippen LogP) is 4.86. The van der Waals surface area contributed by atoms with Gasteiger partial charge in [0.2, 0.25) is 0 Å². The fraction of sp³-hybridized carbons (Fsp3) is 0.360. The Morgan fingerprint density at radius 3 is 2.77 bits per heavy atom. The van der Waals surface area contributed by atoms with E-state index in [4.69, 9.17) is 19.9 Å². The molecule has 0 unspecified atom stereocenters. The van der Waals surface area contributed by atoms with Gasteiger partial charge >= 0.3 is 0 Å². The van der Waals surface area contributed by atoms with Crippen molar-refractivity contribution in [2.24, 2.45) is 10.7 Å². The lowest BCUT2D eigenvalue weighted by atomic mass is 10.0. The Kier molecular flexibility index (Phi) is 6.37. The highest BCUT2D eigenvalue weighted by atomic mass is 16.5. The van der Waals surface area contributed by atoms with Gasteiger partial charge < -0.3 is 20.2 Å². The second-order valence-electron chi connectivity index (χ2n) is 7.69. The molecule has 0 bridgehead atoms. The van der Waals surface area contributed by atoms with Gasteiger partial charge in [-0.2, -0.15) is 0 Å². The molecule has 1 aliphatic carbocycles. The molecule has 0 aromatic heterocycles. The van der Waals surface area contributed by atoms with E-state index in [1.54, 1.807) is 0 Å². The minimum absolute atomic E-state index is 0.595. The summed E-state index contributed by atoms with van der Waals surface area (Å²) in [4.78, 5) is 9.55. The third-order valence-corrected chi connectivity index (χ3v) is 5.29. The highest BCUT2D eigenvalue weighted by Gasteiger charge is 2.15. The first kappa shape index (κ1) is 21.1. The number of nitrogens with one attached hydrogen (secondary N) is 1. The van der Waals surface area contributed by atoms with Gasteiger partial charge in [0, 0.05) is 41.7 Å². The molecule has 6 nitrogen and oxygen atoms in total. The molecule has 1 heterocycles. The summed E-state index contributed by atoms with van der Waals surface area (Å²) in [5, 5.41) is 6.58. The van der Waals surface area contributed by atoms with E-state index in [0.717, 1.165) is 81.6 Å². The molecule has 0 saturated heterocycles. The molecule has 2 aromatic carbocycles. The number of hydrogen-bond donors (Lipinski definition) is 2. The average molecular weight is 419 g/mol. The van der Waals surface area contributed by atoms with Crippen LogP contribution in [-0.4, -0.2) is 31.2 Å². The largest absolute Gasteiger partial charge is 0.494 e. The van der Waals surface area contributed by atoms with Crippen LogP contribution in [0.2, 0.25) is 0 Å². The van der Waals surface area contributed by atoms with Crippen LogP contribution in [0.4, 0.5) is 5.69 Å². The molecule has 4 rings (SSSR count). The summed E-state index contributed by atoms with van der Waals surface area (Å²) in [6.45, 7) is 9.06. The van der Waals surface area contributed by atoms with Crippen molar-refractivity contribution in [2.75, 3.05) is 31.6 Å². The molecule has 0 radical (unpaired) electrons. The van der Waals surface area contributed by atoms with Crippen LogP contribution >= 0.6 is 0 Å². The van der Waals surface area contributed by atoms with Crippen molar-refractivity contribution in [1.29, 1.82) is 0 Å².